The maximum atomic E-state index is 5.22. The Bertz CT molecular complexity index is 243. The van der Waals surface area contributed by atoms with Crippen molar-refractivity contribution >= 4 is 15.9 Å². The first-order chi connectivity index (χ1) is 5.70. The zero-order chi connectivity index (χ0) is 8.97. The molecule has 0 aliphatic rings. The molecule has 1 atom stereocenters. The van der Waals surface area contributed by atoms with Gasteiger partial charge < -0.3 is 9.73 Å². The van der Waals surface area contributed by atoms with E-state index in [1.165, 1.54) is 0 Å². The Balaban J connectivity index is 2.39. The summed E-state index contributed by atoms with van der Waals surface area (Å²) in [6, 6.07) is 4.07. The van der Waals surface area contributed by atoms with Gasteiger partial charge in [0.25, 0.3) is 0 Å². The largest absolute Gasteiger partial charge is 0.468 e. The molecule has 0 spiro atoms. The molecule has 0 saturated heterocycles. The fraction of sp³-hybridized carbons (Fsp3) is 0.333. The van der Waals surface area contributed by atoms with Crippen LogP contribution in [0.5, 0.6) is 0 Å². The van der Waals surface area contributed by atoms with E-state index in [0.717, 1.165) is 16.8 Å². The van der Waals surface area contributed by atoms with Gasteiger partial charge in [0, 0.05) is 11.0 Å². The summed E-state index contributed by atoms with van der Waals surface area (Å²) >= 11 is 3.28. The lowest BCUT2D eigenvalue weighted by Crippen LogP contribution is -2.19. The Morgan fingerprint density at radius 1 is 1.83 bits per heavy atom. The van der Waals surface area contributed by atoms with Crippen molar-refractivity contribution in [3.8, 4) is 0 Å². The van der Waals surface area contributed by atoms with Crippen molar-refractivity contribution in [1.29, 1.82) is 0 Å². The molecule has 12 heavy (non-hydrogen) atoms. The van der Waals surface area contributed by atoms with Crippen molar-refractivity contribution in [3.05, 3.63) is 35.2 Å². The fourth-order valence-electron chi connectivity index (χ4n) is 0.902. The third-order valence-electron chi connectivity index (χ3n) is 1.57. The Hall–Kier alpha value is -0.540. The zero-order valence-corrected chi connectivity index (χ0v) is 8.60. The molecule has 0 radical (unpaired) electrons. The van der Waals surface area contributed by atoms with Crippen LogP contribution in [0.1, 0.15) is 18.7 Å². The number of hydrogen-bond acceptors (Lipinski definition) is 2. The van der Waals surface area contributed by atoms with Crippen LogP contribution in [0.3, 0.4) is 0 Å². The van der Waals surface area contributed by atoms with Crippen molar-refractivity contribution in [2.24, 2.45) is 0 Å². The van der Waals surface area contributed by atoms with E-state index >= 15 is 0 Å². The smallest absolute Gasteiger partial charge is 0.120 e. The monoisotopic (exact) mass is 229 g/mol. The molecular formula is C9H12BrNO. The van der Waals surface area contributed by atoms with Crippen molar-refractivity contribution in [1.82, 2.24) is 5.32 Å². The van der Waals surface area contributed by atoms with E-state index in [9.17, 15) is 0 Å². The summed E-state index contributed by atoms with van der Waals surface area (Å²) in [5, 5.41) is 3.24. The molecule has 1 rings (SSSR count). The lowest BCUT2D eigenvalue weighted by molar-refractivity contribution is 0.441. The minimum atomic E-state index is 0.231. The van der Waals surface area contributed by atoms with Crippen LogP contribution in [0, 0.1) is 0 Å². The fourth-order valence-corrected chi connectivity index (χ4v) is 1.06. The molecule has 1 unspecified atom stereocenters. The number of nitrogens with one attached hydrogen (secondary N) is 1. The van der Waals surface area contributed by atoms with E-state index in [1.54, 1.807) is 6.26 Å². The summed E-state index contributed by atoms with van der Waals surface area (Å²) in [5.41, 5.74) is 0. The first kappa shape index (κ1) is 9.55. The minimum absolute atomic E-state index is 0.231. The average molecular weight is 230 g/mol. The Morgan fingerprint density at radius 3 is 3.08 bits per heavy atom. The van der Waals surface area contributed by atoms with Crippen molar-refractivity contribution in [2.45, 2.75) is 13.0 Å². The topological polar surface area (TPSA) is 25.2 Å². The van der Waals surface area contributed by atoms with Gasteiger partial charge in [0.1, 0.15) is 5.76 Å². The average Bonchev–Trinajstić information content (AvgIpc) is 2.51. The van der Waals surface area contributed by atoms with Gasteiger partial charge in [-0.25, -0.2) is 0 Å². The third-order valence-corrected chi connectivity index (χ3v) is 1.85. The highest BCUT2D eigenvalue weighted by Crippen LogP contribution is 2.12. The van der Waals surface area contributed by atoms with Gasteiger partial charge in [-0.1, -0.05) is 22.5 Å². The molecule has 66 valence electrons. The molecule has 2 nitrogen and oxygen atoms in total. The lowest BCUT2D eigenvalue weighted by Gasteiger charge is -2.09. The molecule has 1 aromatic heterocycles. The SMILES string of the molecule is C=C(Br)CNC(C)c1ccco1. The second kappa shape index (κ2) is 4.48. The van der Waals surface area contributed by atoms with Crippen LogP contribution in [0.25, 0.3) is 0 Å². The van der Waals surface area contributed by atoms with E-state index in [4.69, 9.17) is 4.42 Å². The van der Waals surface area contributed by atoms with Crippen LogP contribution in [0.2, 0.25) is 0 Å². The van der Waals surface area contributed by atoms with Crippen LogP contribution in [0.15, 0.2) is 33.9 Å². The van der Waals surface area contributed by atoms with Gasteiger partial charge in [0.05, 0.1) is 12.3 Å². The molecule has 1 N–H and O–H groups in total. The van der Waals surface area contributed by atoms with E-state index in [2.05, 4.69) is 34.7 Å². The molecule has 0 amide bonds. The molecule has 1 heterocycles. The second-order valence-corrected chi connectivity index (χ2v) is 3.76. The predicted molar refractivity (Wildman–Crippen MR) is 53.2 cm³/mol. The van der Waals surface area contributed by atoms with Gasteiger partial charge >= 0.3 is 0 Å². The van der Waals surface area contributed by atoms with Crippen LogP contribution < -0.4 is 5.32 Å². The first-order valence-corrected chi connectivity index (χ1v) is 4.59. The highest BCUT2D eigenvalue weighted by atomic mass is 79.9. The van der Waals surface area contributed by atoms with Crippen LogP contribution in [-0.4, -0.2) is 6.54 Å². The summed E-state index contributed by atoms with van der Waals surface area (Å²) in [7, 11) is 0. The molecule has 0 saturated carbocycles. The standard InChI is InChI=1S/C9H12BrNO/c1-7(10)6-11-8(2)9-4-3-5-12-9/h3-5,8,11H,1,6H2,2H3. The second-order valence-electron chi connectivity index (χ2n) is 2.64. The first-order valence-electron chi connectivity index (χ1n) is 3.80. The Morgan fingerprint density at radius 2 is 2.58 bits per heavy atom. The Labute approximate surface area is 80.8 Å². The van der Waals surface area contributed by atoms with Gasteiger partial charge in [0.2, 0.25) is 0 Å². The number of hydrogen-bond donors (Lipinski definition) is 1. The zero-order valence-electron chi connectivity index (χ0n) is 7.01. The van der Waals surface area contributed by atoms with Gasteiger partial charge in [0.15, 0.2) is 0 Å². The highest BCUT2D eigenvalue weighted by molar-refractivity contribution is 9.11. The molecule has 0 fully saturated rings. The van der Waals surface area contributed by atoms with Crippen molar-refractivity contribution in [2.75, 3.05) is 6.54 Å². The van der Waals surface area contributed by atoms with E-state index in [-0.39, 0.29) is 6.04 Å². The summed E-state index contributed by atoms with van der Waals surface area (Å²) in [5.74, 6) is 0.948. The van der Waals surface area contributed by atoms with E-state index in [1.807, 2.05) is 12.1 Å². The van der Waals surface area contributed by atoms with Gasteiger partial charge in [-0.05, 0) is 19.1 Å². The summed E-state index contributed by atoms with van der Waals surface area (Å²) < 4.78 is 6.17. The number of rotatable bonds is 4. The van der Waals surface area contributed by atoms with Crippen molar-refractivity contribution in [3.63, 3.8) is 0 Å². The minimum Gasteiger partial charge on any atom is -0.468 e. The summed E-state index contributed by atoms with van der Waals surface area (Å²) in [6.45, 7) is 6.53. The van der Waals surface area contributed by atoms with Crippen LogP contribution in [0.4, 0.5) is 0 Å². The Kier molecular flexibility index (Phi) is 3.56. The summed E-state index contributed by atoms with van der Waals surface area (Å²) in [6.07, 6.45) is 1.68. The lowest BCUT2D eigenvalue weighted by atomic mass is 10.2. The molecule has 0 bridgehead atoms. The number of halogens is 1. The van der Waals surface area contributed by atoms with Gasteiger partial charge in [-0.2, -0.15) is 0 Å². The van der Waals surface area contributed by atoms with Gasteiger partial charge in [-0.15, -0.1) is 0 Å². The van der Waals surface area contributed by atoms with E-state index in [0.29, 0.717) is 0 Å². The molecular weight excluding hydrogens is 218 g/mol. The summed E-state index contributed by atoms with van der Waals surface area (Å²) in [4.78, 5) is 0. The predicted octanol–water partition coefficient (Wildman–Crippen LogP) is 2.84. The maximum Gasteiger partial charge on any atom is 0.120 e. The molecule has 3 heteroatoms. The normalized spacial score (nSPS) is 12.8. The van der Waals surface area contributed by atoms with Crippen molar-refractivity contribution < 1.29 is 4.42 Å². The molecule has 0 aromatic carbocycles. The third kappa shape index (κ3) is 2.83. The number of furan rings is 1. The molecule has 0 aliphatic carbocycles. The highest BCUT2D eigenvalue weighted by Gasteiger charge is 2.05. The molecule has 1 aromatic rings. The van der Waals surface area contributed by atoms with Crippen LogP contribution >= 0.6 is 15.9 Å². The molecule has 0 aliphatic heterocycles. The van der Waals surface area contributed by atoms with E-state index < -0.39 is 0 Å². The quantitative estimate of drug-likeness (QED) is 0.860. The van der Waals surface area contributed by atoms with Gasteiger partial charge in [-0.3, -0.25) is 0 Å². The van der Waals surface area contributed by atoms with Crippen LogP contribution in [-0.2, 0) is 0 Å². The maximum absolute atomic E-state index is 5.22.